The second-order valence-electron chi connectivity index (χ2n) is 8.40. The summed E-state index contributed by atoms with van der Waals surface area (Å²) >= 11 is 0. The number of anilines is 1. The molecule has 2 aliphatic rings. The van der Waals surface area contributed by atoms with Crippen molar-refractivity contribution >= 4 is 21.6 Å². The van der Waals surface area contributed by atoms with Crippen molar-refractivity contribution in [1.29, 1.82) is 0 Å². The van der Waals surface area contributed by atoms with Crippen LogP contribution in [0.5, 0.6) is 11.5 Å². The first-order valence-electron chi connectivity index (χ1n) is 11.6. The number of carbonyl (C=O) groups is 1. The molecule has 184 valence electrons. The van der Waals surface area contributed by atoms with Crippen LogP contribution in [0.25, 0.3) is 0 Å². The summed E-state index contributed by atoms with van der Waals surface area (Å²) in [6.45, 7) is 9.23. The number of carbonyl (C=O) groups excluding carboxylic acids is 1. The minimum absolute atomic E-state index is 0.108. The highest BCUT2D eigenvalue weighted by molar-refractivity contribution is 7.89. The number of ether oxygens (including phenoxy) is 2. The van der Waals surface area contributed by atoms with Gasteiger partial charge in [-0.25, -0.2) is 8.42 Å². The van der Waals surface area contributed by atoms with E-state index in [2.05, 4.69) is 21.2 Å². The van der Waals surface area contributed by atoms with Crippen molar-refractivity contribution in [3.05, 3.63) is 48.0 Å². The summed E-state index contributed by atoms with van der Waals surface area (Å²) in [6.07, 6.45) is 0. The molecule has 1 fully saturated rings. The first-order valence-corrected chi connectivity index (χ1v) is 13.1. The number of rotatable bonds is 9. The summed E-state index contributed by atoms with van der Waals surface area (Å²) in [5, 5.41) is 2.87. The van der Waals surface area contributed by atoms with Crippen LogP contribution in [-0.2, 0) is 21.4 Å². The van der Waals surface area contributed by atoms with E-state index in [9.17, 15) is 13.2 Å². The minimum atomic E-state index is -3.51. The summed E-state index contributed by atoms with van der Waals surface area (Å²) in [6, 6.07) is 12.4. The Morgan fingerprint density at radius 3 is 2.26 bits per heavy atom. The maximum Gasteiger partial charge on any atom is 0.243 e. The molecule has 0 aliphatic carbocycles. The van der Waals surface area contributed by atoms with Gasteiger partial charge in [0.05, 0.1) is 11.4 Å². The van der Waals surface area contributed by atoms with Gasteiger partial charge in [-0.3, -0.25) is 14.6 Å². The Labute approximate surface area is 201 Å². The van der Waals surface area contributed by atoms with Gasteiger partial charge in [0, 0.05) is 51.5 Å². The zero-order chi connectivity index (χ0) is 24.1. The first kappa shape index (κ1) is 24.5. The van der Waals surface area contributed by atoms with Gasteiger partial charge in [0.15, 0.2) is 11.5 Å². The van der Waals surface area contributed by atoms with Crippen LogP contribution in [0.1, 0.15) is 19.4 Å². The van der Waals surface area contributed by atoms with Gasteiger partial charge in [0.25, 0.3) is 0 Å². The molecule has 0 spiro atoms. The molecule has 2 heterocycles. The molecule has 2 aliphatic heterocycles. The van der Waals surface area contributed by atoms with Crippen molar-refractivity contribution < 1.29 is 22.7 Å². The smallest absolute Gasteiger partial charge is 0.243 e. The standard InChI is InChI=1S/C24H32N4O5S/c1-3-28(4-2)34(30,31)21-8-6-20(7-9-21)25-24(29)17-27-13-11-26(12-14-27)16-19-5-10-22-23(15-19)33-18-32-22/h5-10,15H,3-4,11-14,16-18H2,1-2H3,(H,25,29). The van der Waals surface area contributed by atoms with Crippen LogP contribution in [0.15, 0.2) is 47.4 Å². The molecule has 9 nitrogen and oxygen atoms in total. The predicted molar refractivity (Wildman–Crippen MR) is 129 cm³/mol. The lowest BCUT2D eigenvalue weighted by atomic mass is 10.1. The SMILES string of the molecule is CCN(CC)S(=O)(=O)c1ccc(NC(=O)CN2CCN(Cc3ccc4c(c3)OCO4)CC2)cc1. The molecule has 1 amide bonds. The lowest BCUT2D eigenvalue weighted by molar-refractivity contribution is -0.117. The summed E-state index contributed by atoms with van der Waals surface area (Å²) in [7, 11) is -3.51. The van der Waals surface area contributed by atoms with Gasteiger partial charge in [-0.05, 0) is 42.0 Å². The van der Waals surface area contributed by atoms with Crippen LogP contribution >= 0.6 is 0 Å². The molecule has 0 unspecified atom stereocenters. The zero-order valence-corrected chi connectivity index (χ0v) is 20.5. The number of nitrogens with one attached hydrogen (secondary N) is 1. The Morgan fingerprint density at radius 1 is 0.941 bits per heavy atom. The van der Waals surface area contributed by atoms with Gasteiger partial charge in [-0.2, -0.15) is 4.31 Å². The maximum absolute atomic E-state index is 12.6. The monoisotopic (exact) mass is 488 g/mol. The van der Waals surface area contributed by atoms with Crippen LogP contribution in [0.3, 0.4) is 0 Å². The highest BCUT2D eigenvalue weighted by atomic mass is 32.2. The summed E-state index contributed by atoms with van der Waals surface area (Å²) < 4.78 is 37.4. The van der Waals surface area contributed by atoms with Crippen molar-refractivity contribution in [3.8, 4) is 11.5 Å². The molecule has 1 N–H and O–H groups in total. The van der Waals surface area contributed by atoms with Gasteiger partial charge in [0.1, 0.15) is 0 Å². The van der Waals surface area contributed by atoms with E-state index in [4.69, 9.17) is 9.47 Å². The Bertz CT molecular complexity index is 1090. The Morgan fingerprint density at radius 2 is 1.59 bits per heavy atom. The molecule has 2 aromatic rings. The zero-order valence-electron chi connectivity index (χ0n) is 19.7. The number of hydrogen-bond acceptors (Lipinski definition) is 7. The van der Waals surface area contributed by atoms with Crippen molar-refractivity contribution in [3.63, 3.8) is 0 Å². The van der Waals surface area contributed by atoms with Crippen LogP contribution < -0.4 is 14.8 Å². The molecule has 0 aromatic heterocycles. The lowest BCUT2D eigenvalue weighted by Gasteiger charge is -2.34. The number of fused-ring (bicyclic) bond motifs is 1. The topological polar surface area (TPSA) is 91.4 Å². The number of amides is 1. The molecule has 4 rings (SSSR count). The molecule has 0 saturated carbocycles. The highest BCUT2D eigenvalue weighted by Crippen LogP contribution is 2.32. The Hall–Kier alpha value is -2.66. The van der Waals surface area contributed by atoms with Crippen molar-refractivity contribution in [2.45, 2.75) is 25.3 Å². The molecule has 0 atom stereocenters. The van der Waals surface area contributed by atoms with Crippen LogP contribution in [0.2, 0.25) is 0 Å². The van der Waals surface area contributed by atoms with Gasteiger partial charge in [-0.1, -0.05) is 19.9 Å². The van der Waals surface area contributed by atoms with E-state index in [1.807, 2.05) is 26.0 Å². The minimum Gasteiger partial charge on any atom is -0.454 e. The highest BCUT2D eigenvalue weighted by Gasteiger charge is 2.22. The van der Waals surface area contributed by atoms with E-state index in [0.29, 0.717) is 25.3 Å². The average Bonchev–Trinajstić information content (AvgIpc) is 3.29. The molecule has 34 heavy (non-hydrogen) atoms. The third-order valence-electron chi connectivity index (χ3n) is 6.16. The molecule has 10 heteroatoms. The van der Waals surface area contributed by atoms with Crippen LogP contribution in [-0.4, -0.2) is 81.0 Å². The molecule has 0 radical (unpaired) electrons. The normalized spacial score (nSPS) is 16.7. The van der Waals surface area contributed by atoms with Gasteiger partial charge in [0.2, 0.25) is 22.7 Å². The van der Waals surface area contributed by atoms with Gasteiger partial charge < -0.3 is 14.8 Å². The van der Waals surface area contributed by atoms with Crippen LogP contribution in [0.4, 0.5) is 5.69 Å². The second kappa shape index (κ2) is 10.7. The Balaban J connectivity index is 1.23. The number of hydrogen-bond donors (Lipinski definition) is 1. The molecule has 0 bridgehead atoms. The van der Waals surface area contributed by atoms with Crippen LogP contribution in [0, 0.1) is 0 Å². The van der Waals surface area contributed by atoms with Crippen molar-refractivity contribution in [2.75, 3.05) is 57.9 Å². The number of sulfonamides is 1. The quantitative estimate of drug-likeness (QED) is 0.579. The fraction of sp³-hybridized carbons (Fsp3) is 0.458. The maximum atomic E-state index is 12.6. The predicted octanol–water partition coefficient (Wildman–Crippen LogP) is 2.20. The van der Waals surface area contributed by atoms with E-state index in [1.54, 1.807) is 12.1 Å². The molecule has 2 aromatic carbocycles. The fourth-order valence-corrected chi connectivity index (χ4v) is 5.69. The Kier molecular flexibility index (Phi) is 7.72. The van der Waals surface area contributed by atoms with E-state index >= 15 is 0 Å². The van der Waals surface area contributed by atoms with Crippen molar-refractivity contribution in [1.82, 2.24) is 14.1 Å². The largest absolute Gasteiger partial charge is 0.454 e. The molecule has 1 saturated heterocycles. The van der Waals surface area contributed by atoms with E-state index < -0.39 is 10.0 Å². The summed E-state index contributed by atoms with van der Waals surface area (Å²) in [4.78, 5) is 17.2. The van der Waals surface area contributed by atoms with Crippen molar-refractivity contribution in [2.24, 2.45) is 0 Å². The van der Waals surface area contributed by atoms with Gasteiger partial charge >= 0.3 is 0 Å². The summed E-state index contributed by atoms with van der Waals surface area (Å²) in [5.74, 6) is 1.48. The average molecular weight is 489 g/mol. The van der Waals surface area contributed by atoms with E-state index in [0.717, 1.165) is 44.2 Å². The van der Waals surface area contributed by atoms with Gasteiger partial charge in [-0.15, -0.1) is 0 Å². The fourth-order valence-electron chi connectivity index (χ4n) is 4.23. The number of piperazine rings is 1. The van der Waals surface area contributed by atoms with E-state index in [-0.39, 0.29) is 17.6 Å². The number of benzene rings is 2. The third kappa shape index (κ3) is 5.69. The molecular formula is C24H32N4O5S. The molecular weight excluding hydrogens is 456 g/mol. The number of nitrogens with zero attached hydrogens (tertiary/aromatic N) is 3. The lowest BCUT2D eigenvalue weighted by Crippen LogP contribution is -2.48. The first-order chi connectivity index (χ1) is 16.4. The second-order valence-corrected chi connectivity index (χ2v) is 10.3. The third-order valence-corrected chi connectivity index (χ3v) is 8.22. The summed E-state index contributed by atoms with van der Waals surface area (Å²) in [5.41, 5.74) is 1.77. The van der Waals surface area contributed by atoms with E-state index in [1.165, 1.54) is 22.0 Å².